The van der Waals surface area contributed by atoms with Crippen LogP contribution in [0.15, 0.2) is 57.9 Å². The molecule has 1 saturated heterocycles. The lowest BCUT2D eigenvalue weighted by molar-refractivity contribution is 0.0706. The Balaban J connectivity index is 1.26. The summed E-state index contributed by atoms with van der Waals surface area (Å²) < 4.78 is 10.9. The Kier molecular flexibility index (Phi) is 3.78. The lowest BCUT2D eigenvalue weighted by Gasteiger charge is -2.30. The fraction of sp³-hybridized carbons (Fsp3) is 0.250. The Morgan fingerprint density at radius 2 is 2.04 bits per heavy atom. The fourth-order valence-corrected chi connectivity index (χ4v) is 3.60. The summed E-state index contributed by atoms with van der Waals surface area (Å²) >= 11 is 0. The van der Waals surface area contributed by atoms with Gasteiger partial charge in [-0.15, -0.1) is 10.2 Å². The van der Waals surface area contributed by atoms with Crippen molar-refractivity contribution in [2.75, 3.05) is 13.1 Å². The van der Waals surface area contributed by atoms with Gasteiger partial charge in [0.15, 0.2) is 0 Å². The average Bonchev–Trinajstić information content (AvgIpc) is 3.48. The number of furan rings is 1. The SMILES string of the molecule is O=C(c1ccc2[nH]ccc2c1)N1CCC(c2nnc(-c3ccoc3)o2)CC1. The summed E-state index contributed by atoms with van der Waals surface area (Å²) in [6, 6.07) is 9.54. The van der Waals surface area contributed by atoms with E-state index in [4.69, 9.17) is 8.83 Å². The van der Waals surface area contributed by atoms with Crippen LogP contribution in [-0.2, 0) is 0 Å². The molecule has 1 fully saturated rings. The molecule has 7 heteroatoms. The predicted molar refractivity (Wildman–Crippen MR) is 98.2 cm³/mol. The topological polar surface area (TPSA) is 88.2 Å². The number of nitrogens with one attached hydrogen (secondary N) is 1. The summed E-state index contributed by atoms with van der Waals surface area (Å²) in [4.78, 5) is 17.9. The summed E-state index contributed by atoms with van der Waals surface area (Å²) in [5, 5.41) is 9.34. The first-order valence-electron chi connectivity index (χ1n) is 9.00. The Bertz CT molecular complexity index is 1070. The van der Waals surface area contributed by atoms with Gasteiger partial charge >= 0.3 is 0 Å². The number of carbonyl (C=O) groups excluding carboxylic acids is 1. The van der Waals surface area contributed by atoms with Crippen LogP contribution in [0.25, 0.3) is 22.4 Å². The zero-order valence-electron chi connectivity index (χ0n) is 14.6. The third-order valence-electron chi connectivity index (χ3n) is 5.14. The van der Waals surface area contributed by atoms with Crippen LogP contribution in [0.5, 0.6) is 0 Å². The molecule has 0 aliphatic carbocycles. The minimum atomic E-state index is 0.0705. The molecule has 3 aromatic heterocycles. The van der Waals surface area contributed by atoms with Crippen molar-refractivity contribution in [2.45, 2.75) is 18.8 Å². The van der Waals surface area contributed by atoms with Crippen LogP contribution in [0.3, 0.4) is 0 Å². The largest absolute Gasteiger partial charge is 0.472 e. The van der Waals surface area contributed by atoms with E-state index < -0.39 is 0 Å². The van der Waals surface area contributed by atoms with Crippen LogP contribution in [-0.4, -0.2) is 39.1 Å². The van der Waals surface area contributed by atoms with Gasteiger partial charge in [0.05, 0.1) is 11.8 Å². The first-order chi connectivity index (χ1) is 13.3. The van der Waals surface area contributed by atoms with Gasteiger partial charge in [0.25, 0.3) is 11.8 Å². The molecule has 4 aromatic rings. The number of nitrogens with zero attached hydrogens (tertiary/aromatic N) is 3. The zero-order chi connectivity index (χ0) is 18.2. The first kappa shape index (κ1) is 15.9. The van der Waals surface area contributed by atoms with Gasteiger partial charge < -0.3 is 18.7 Å². The van der Waals surface area contributed by atoms with Crippen molar-refractivity contribution >= 4 is 16.8 Å². The molecule has 0 bridgehead atoms. The van der Waals surface area contributed by atoms with Crippen molar-refractivity contribution in [3.05, 3.63) is 60.5 Å². The Morgan fingerprint density at radius 3 is 2.85 bits per heavy atom. The van der Waals surface area contributed by atoms with Crippen molar-refractivity contribution < 1.29 is 13.6 Å². The molecule has 4 heterocycles. The molecule has 1 amide bonds. The minimum absolute atomic E-state index is 0.0705. The third-order valence-corrected chi connectivity index (χ3v) is 5.14. The molecule has 27 heavy (non-hydrogen) atoms. The van der Waals surface area contributed by atoms with Gasteiger partial charge in [-0.25, -0.2) is 0 Å². The van der Waals surface area contributed by atoms with Crippen molar-refractivity contribution in [3.63, 3.8) is 0 Å². The highest BCUT2D eigenvalue weighted by molar-refractivity contribution is 5.98. The van der Waals surface area contributed by atoms with Crippen LogP contribution < -0.4 is 0 Å². The van der Waals surface area contributed by atoms with Gasteiger partial charge in [-0.1, -0.05) is 0 Å². The Labute approximate surface area is 155 Å². The Hall–Kier alpha value is -3.35. The van der Waals surface area contributed by atoms with Crippen LogP contribution in [0.4, 0.5) is 0 Å². The molecule has 1 aliphatic rings. The normalized spacial score (nSPS) is 15.5. The van der Waals surface area contributed by atoms with Gasteiger partial charge in [-0.3, -0.25) is 4.79 Å². The standard InChI is InChI=1S/C20H18N4O3/c25-20(15-1-2-17-14(11-15)3-7-21-17)24-8-4-13(5-9-24)18-22-23-19(27-18)16-6-10-26-12-16/h1-3,6-7,10-13,21H,4-5,8-9H2. The molecule has 5 rings (SSSR count). The van der Waals surface area contributed by atoms with Gasteiger partial charge in [-0.05, 0) is 43.2 Å². The van der Waals surface area contributed by atoms with Crippen molar-refractivity contribution in [1.29, 1.82) is 0 Å². The fourth-order valence-electron chi connectivity index (χ4n) is 3.60. The maximum Gasteiger partial charge on any atom is 0.253 e. The number of amides is 1. The lowest BCUT2D eigenvalue weighted by Crippen LogP contribution is -2.38. The van der Waals surface area contributed by atoms with E-state index in [1.54, 1.807) is 18.6 Å². The summed E-state index contributed by atoms with van der Waals surface area (Å²) in [7, 11) is 0. The number of H-pyrrole nitrogens is 1. The summed E-state index contributed by atoms with van der Waals surface area (Å²) in [5.41, 5.74) is 2.54. The highest BCUT2D eigenvalue weighted by Crippen LogP contribution is 2.30. The smallest absolute Gasteiger partial charge is 0.253 e. The average molecular weight is 362 g/mol. The molecule has 0 radical (unpaired) electrons. The number of rotatable bonds is 3. The quantitative estimate of drug-likeness (QED) is 0.598. The number of piperidine rings is 1. The molecule has 0 atom stereocenters. The van der Waals surface area contributed by atoms with Crippen LogP contribution in [0.1, 0.15) is 35.0 Å². The Morgan fingerprint density at radius 1 is 1.15 bits per heavy atom. The lowest BCUT2D eigenvalue weighted by atomic mass is 9.96. The molecule has 0 unspecified atom stereocenters. The number of aromatic amines is 1. The van der Waals surface area contributed by atoms with E-state index in [-0.39, 0.29) is 11.8 Å². The van der Waals surface area contributed by atoms with E-state index in [9.17, 15) is 4.79 Å². The number of carbonyl (C=O) groups is 1. The predicted octanol–water partition coefficient (Wildman–Crippen LogP) is 3.83. The second-order valence-corrected chi connectivity index (χ2v) is 6.80. The molecule has 1 aliphatic heterocycles. The third kappa shape index (κ3) is 2.91. The monoisotopic (exact) mass is 362 g/mol. The van der Waals surface area contributed by atoms with Gasteiger partial charge in [0, 0.05) is 41.7 Å². The van der Waals surface area contributed by atoms with E-state index >= 15 is 0 Å². The van der Waals surface area contributed by atoms with Crippen LogP contribution >= 0.6 is 0 Å². The maximum atomic E-state index is 12.8. The number of hydrogen-bond donors (Lipinski definition) is 1. The van der Waals surface area contributed by atoms with E-state index in [2.05, 4.69) is 15.2 Å². The molecular weight excluding hydrogens is 344 g/mol. The van der Waals surface area contributed by atoms with E-state index in [0.717, 1.165) is 34.9 Å². The van der Waals surface area contributed by atoms with Crippen molar-refractivity contribution in [1.82, 2.24) is 20.1 Å². The first-order valence-corrected chi connectivity index (χ1v) is 9.00. The molecule has 1 N–H and O–H groups in total. The molecule has 7 nitrogen and oxygen atoms in total. The second kappa shape index (κ2) is 6.42. The van der Waals surface area contributed by atoms with Crippen molar-refractivity contribution in [3.8, 4) is 11.5 Å². The number of benzene rings is 1. The van der Waals surface area contributed by atoms with Gasteiger partial charge in [-0.2, -0.15) is 0 Å². The van der Waals surface area contributed by atoms with Gasteiger partial charge in [0.1, 0.15) is 6.26 Å². The molecule has 0 saturated carbocycles. The van der Waals surface area contributed by atoms with E-state index in [0.29, 0.717) is 24.9 Å². The van der Waals surface area contributed by atoms with Crippen molar-refractivity contribution in [2.24, 2.45) is 0 Å². The molecule has 0 spiro atoms. The zero-order valence-corrected chi connectivity index (χ0v) is 14.6. The second-order valence-electron chi connectivity index (χ2n) is 6.80. The van der Waals surface area contributed by atoms with E-state index in [1.807, 2.05) is 35.4 Å². The van der Waals surface area contributed by atoms with Gasteiger partial charge in [0.2, 0.25) is 5.89 Å². The van der Waals surface area contributed by atoms with Crippen LogP contribution in [0, 0.1) is 0 Å². The highest BCUT2D eigenvalue weighted by atomic mass is 16.4. The number of hydrogen-bond acceptors (Lipinski definition) is 5. The van der Waals surface area contributed by atoms with E-state index in [1.165, 1.54) is 0 Å². The molecular formula is C20H18N4O3. The number of aromatic nitrogens is 3. The summed E-state index contributed by atoms with van der Waals surface area (Å²) in [6.45, 7) is 1.36. The van der Waals surface area contributed by atoms with Crippen LogP contribution in [0.2, 0.25) is 0 Å². The summed E-state index contributed by atoms with van der Waals surface area (Å²) in [5.74, 6) is 1.35. The highest BCUT2D eigenvalue weighted by Gasteiger charge is 2.28. The maximum absolute atomic E-state index is 12.8. The minimum Gasteiger partial charge on any atom is -0.472 e. The molecule has 136 valence electrons. The summed E-state index contributed by atoms with van der Waals surface area (Å²) in [6.07, 6.45) is 6.66. The molecule has 1 aromatic carbocycles. The number of fused-ring (bicyclic) bond motifs is 1. The number of likely N-dealkylation sites (tertiary alicyclic amines) is 1.